The molecule has 4 nitrogen and oxygen atoms in total. The van der Waals surface area contributed by atoms with E-state index in [0.717, 1.165) is 45.6 Å². The van der Waals surface area contributed by atoms with E-state index < -0.39 is 0 Å². The van der Waals surface area contributed by atoms with E-state index in [-0.39, 0.29) is 11.8 Å². The summed E-state index contributed by atoms with van der Waals surface area (Å²) in [7, 11) is 1.72. The Morgan fingerprint density at radius 2 is 2.33 bits per heavy atom. The highest BCUT2D eigenvalue weighted by atomic mass is 32.1. The number of nitrogens with one attached hydrogen (secondary N) is 1. The van der Waals surface area contributed by atoms with E-state index in [1.54, 1.807) is 18.4 Å². The molecule has 0 saturated carbocycles. The molecule has 2 heterocycles. The third-order valence-electron chi connectivity index (χ3n) is 4.34. The standard InChI is InChI=1S/C16H26N2O2S/c1-12-13(2)21-11-15(12)4-6-17-16(19)14-5-7-18(10-14)8-9-20-3/h11,14H,4-10H2,1-3H3,(H,17,19)/t14-/m1/s1. The zero-order valence-corrected chi connectivity index (χ0v) is 14.1. The molecule has 1 fully saturated rings. The second-order valence-corrected chi connectivity index (χ2v) is 6.85. The minimum absolute atomic E-state index is 0.146. The van der Waals surface area contributed by atoms with Crippen molar-refractivity contribution in [1.82, 2.24) is 10.2 Å². The van der Waals surface area contributed by atoms with E-state index in [2.05, 4.69) is 29.4 Å². The number of hydrogen-bond donors (Lipinski definition) is 1. The predicted octanol–water partition coefficient (Wildman–Crippen LogP) is 1.99. The molecule has 118 valence electrons. The largest absolute Gasteiger partial charge is 0.383 e. The van der Waals surface area contributed by atoms with Gasteiger partial charge >= 0.3 is 0 Å². The lowest BCUT2D eigenvalue weighted by molar-refractivity contribution is -0.124. The van der Waals surface area contributed by atoms with Crippen LogP contribution in [-0.4, -0.2) is 50.7 Å². The van der Waals surface area contributed by atoms with E-state index in [9.17, 15) is 4.79 Å². The number of rotatable bonds is 7. The molecule has 1 N–H and O–H groups in total. The second kappa shape index (κ2) is 7.92. The van der Waals surface area contributed by atoms with Crippen molar-refractivity contribution >= 4 is 17.2 Å². The average Bonchev–Trinajstić information content (AvgIpc) is 3.07. The van der Waals surface area contributed by atoms with Crippen molar-refractivity contribution < 1.29 is 9.53 Å². The van der Waals surface area contributed by atoms with E-state index in [0.29, 0.717) is 0 Å². The van der Waals surface area contributed by atoms with Crippen molar-refractivity contribution in [1.29, 1.82) is 0 Å². The van der Waals surface area contributed by atoms with E-state index in [1.165, 1.54) is 16.0 Å². The normalized spacial score (nSPS) is 19.1. The number of thiophene rings is 1. The number of aryl methyl sites for hydroxylation is 1. The molecule has 1 aliphatic heterocycles. The second-order valence-electron chi connectivity index (χ2n) is 5.76. The molecule has 1 aliphatic rings. The fourth-order valence-corrected chi connectivity index (χ4v) is 3.67. The maximum absolute atomic E-state index is 12.2. The number of carbonyl (C=O) groups excluding carboxylic acids is 1. The van der Waals surface area contributed by atoms with Gasteiger partial charge in [0, 0.05) is 31.6 Å². The molecule has 1 atom stereocenters. The molecule has 21 heavy (non-hydrogen) atoms. The topological polar surface area (TPSA) is 41.6 Å². The Labute approximate surface area is 131 Å². The molecule has 1 aromatic heterocycles. The van der Waals surface area contributed by atoms with Crippen LogP contribution in [0.3, 0.4) is 0 Å². The molecule has 1 saturated heterocycles. The first-order valence-corrected chi connectivity index (χ1v) is 8.52. The third-order valence-corrected chi connectivity index (χ3v) is 5.40. The third kappa shape index (κ3) is 4.53. The number of carbonyl (C=O) groups is 1. The predicted molar refractivity (Wildman–Crippen MR) is 86.9 cm³/mol. The monoisotopic (exact) mass is 310 g/mol. The molecule has 0 aliphatic carbocycles. The zero-order valence-electron chi connectivity index (χ0n) is 13.3. The number of ether oxygens (including phenoxy) is 1. The lowest BCUT2D eigenvalue weighted by Gasteiger charge is -2.15. The molecular formula is C16H26N2O2S. The summed E-state index contributed by atoms with van der Waals surface area (Å²) in [5.74, 6) is 0.353. The highest BCUT2D eigenvalue weighted by molar-refractivity contribution is 7.10. The zero-order chi connectivity index (χ0) is 15.2. The van der Waals surface area contributed by atoms with E-state index in [1.807, 2.05) is 0 Å². The fraction of sp³-hybridized carbons (Fsp3) is 0.688. The molecule has 2 rings (SSSR count). The number of methoxy groups -OCH3 is 1. The van der Waals surface area contributed by atoms with Gasteiger partial charge < -0.3 is 15.0 Å². The van der Waals surface area contributed by atoms with Crippen LogP contribution in [0, 0.1) is 19.8 Å². The first kappa shape index (κ1) is 16.5. The molecule has 1 aromatic rings. The minimum Gasteiger partial charge on any atom is -0.383 e. The van der Waals surface area contributed by atoms with Gasteiger partial charge in [0.2, 0.25) is 5.91 Å². The van der Waals surface area contributed by atoms with Gasteiger partial charge in [0.15, 0.2) is 0 Å². The number of hydrogen-bond acceptors (Lipinski definition) is 4. The van der Waals surface area contributed by atoms with Crippen molar-refractivity contribution in [2.45, 2.75) is 26.7 Å². The Hall–Kier alpha value is -0.910. The van der Waals surface area contributed by atoms with Crippen LogP contribution in [0.5, 0.6) is 0 Å². The molecule has 1 amide bonds. The first-order valence-electron chi connectivity index (χ1n) is 7.64. The Morgan fingerprint density at radius 3 is 3.00 bits per heavy atom. The van der Waals surface area contributed by atoms with E-state index in [4.69, 9.17) is 4.74 Å². The van der Waals surface area contributed by atoms with Gasteiger partial charge in [-0.15, -0.1) is 11.3 Å². The lowest BCUT2D eigenvalue weighted by atomic mass is 10.1. The Bertz CT molecular complexity index is 473. The molecule has 5 heteroatoms. The van der Waals surface area contributed by atoms with Gasteiger partial charge in [0.1, 0.15) is 0 Å². The number of likely N-dealkylation sites (tertiary alicyclic amines) is 1. The molecular weight excluding hydrogens is 284 g/mol. The van der Waals surface area contributed by atoms with Crippen molar-refractivity contribution in [2.24, 2.45) is 5.92 Å². The minimum atomic E-state index is 0.146. The average molecular weight is 310 g/mol. The van der Waals surface area contributed by atoms with Gasteiger partial charge in [-0.25, -0.2) is 0 Å². The van der Waals surface area contributed by atoms with Crippen LogP contribution < -0.4 is 5.32 Å². The van der Waals surface area contributed by atoms with Gasteiger partial charge in [-0.1, -0.05) is 0 Å². The van der Waals surface area contributed by atoms with Crippen molar-refractivity contribution in [3.63, 3.8) is 0 Å². The summed E-state index contributed by atoms with van der Waals surface area (Å²) in [6.45, 7) is 8.59. The summed E-state index contributed by atoms with van der Waals surface area (Å²) < 4.78 is 5.09. The summed E-state index contributed by atoms with van der Waals surface area (Å²) >= 11 is 1.79. The van der Waals surface area contributed by atoms with E-state index >= 15 is 0 Å². The van der Waals surface area contributed by atoms with Crippen LogP contribution in [0.15, 0.2) is 5.38 Å². The summed E-state index contributed by atoms with van der Waals surface area (Å²) in [4.78, 5) is 15.9. The Balaban J connectivity index is 1.69. The molecule has 0 spiro atoms. The van der Waals surface area contributed by atoms with Crippen molar-refractivity contribution in [3.05, 3.63) is 21.4 Å². The highest BCUT2D eigenvalue weighted by Crippen LogP contribution is 2.21. The summed E-state index contributed by atoms with van der Waals surface area (Å²) in [6, 6.07) is 0. The number of amides is 1. The van der Waals surface area contributed by atoms with Crippen molar-refractivity contribution in [2.75, 3.05) is 39.9 Å². The maximum Gasteiger partial charge on any atom is 0.224 e. The lowest BCUT2D eigenvalue weighted by Crippen LogP contribution is -2.34. The van der Waals surface area contributed by atoms with Crippen LogP contribution in [0.2, 0.25) is 0 Å². The van der Waals surface area contributed by atoms with Gasteiger partial charge in [0.05, 0.1) is 12.5 Å². The SMILES string of the molecule is COCCN1CC[C@@H](C(=O)NCCc2csc(C)c2C)C1. The summed E-state index contributed by atoms with van der Waals surface area (Å²) in [5, 5.41) is 5.30. The van der Waals surface area contributed by atoms with Gasteiger partial charge in [-0.2, -0.15) is 0 Å². The van der Waals surface area contributed by atoms with Gasteiger partial charge in [-0.05, 0) is 49.7 Å². The quantitative estimate of drug-likeness (QED) is 0.837. The number of nitrogens with zero attached hydrogens (tertiary/aromatic N) is 1. The van der Waals surface area contributed by atoms with Crippen LogP contribution in [0.25, 0.3) is 0 Å². The molecule has 0 aromatic carbocycles. The van der Waals surface area contributed by atoms with Crippen LogP contribution in [0.1, 0.15) is 22.4 Å². The molecule has 0 bridgehead atoms. The Kier molecular flexibility index (Phi) is 6.21. The van der Waals surface area contributed by atoms with Crippen LogP contribution in [-0.2, 0) is 16.0 Å². The van der Waals surface area contributed by atoms with Crippen molar-refractivity contribution in [3.8, 4) is 0 Å². The smallest absolute Gasteiger partial charge is 0.224 e. The first-order chi connectivity index (χ1) is 10.1. The summed E-state index contributed by atoms with van der Waals surface area (Å²) in [6.07, 6.45) is 1.90. The van der Waals surface area contributed by atoms with Crippen LogP contribution in [0.4, 0.5) is 0 Å². The highest BCUT2D eigenvalue weighted by Gasteiger charge is 2.27. The van der Waals surface area contributed by atoms with Gasteiger partial charge in [-0.3, -0.25) is 4.79 Å². The fourth-order valence-electron chi connectivity index (χ4n) is 2.74. The summed E-state index contributed by atoms with van der Waals surface area (Å²) in [5.41, 5.74) is 2.74. The Morgan fingerprint density at radius 1 is 1.52 bits per heavy atom. The van der Waals surface area contributed by atoms with Gasteiger partial charge in [0.25, 0.3) is 0 Å². The maximum atomic E-state index is 12.2. The van der Waals surface area contributed by atoms with Crippen LogP contribution >= 0.6 is 11.3 Å². The molecule has 0 unspecified atom stereocenters. The molecule has 0 radical (unpaired) electrons.